The molecule has 0 saturated carbocycles. The molecule has 0 atom stereocenters. The molecule has 4 rings (SSSR count). The van der Waals surface area contributed by atoms with Crippen LogP contribution in [0.3, 0.4) is 0 Å². The van der Waals surface area contributed by atoms with Crippen molar-refractivity contribution in [3.05, 3.63) is 76.0 Å². The lowest BCUT2D eigenvalue weighted by Crippen LogP contribution is -2.41. The zero-order valence-electron chi connectivity index (χ0n) is 22.3. The number of para-hydroxylation sites is 1. The summed E-state index contributed by atoms with van der Waals surface area (Å²) in [6, 6.07) is 13.1. The first-order valence-corrected chi connectivity index (χ1v) is 12.2. The summed E-state index contributed by atoms with van der Waals surface area (Å²) in [6.07, 6.45) is 0. The number of nitrogens with zero attached hydrogens (tertiary/aromatic N) is 2. The van der Waals surface area contributed by atoms with Crippen molar-refractivity contribution < 1.29 is 23.6 Å². The summed E-state index contributed by atoms with van der Waals surface area (Å²) >= 11 is 0. The third-order valence-electron chi connectivity index (χ3n) is 6.93. The van der Waals surface area contributed by atoms with Crippen molar-refractivity contribution in [2.75, 3.05) is 5.32 Å². The van der Waals surface area contributed by atoms with E-state index in [2.05, 4.69) is 5.32 Å². The van der Waals surface area contributed by atoms with Crippen LogP contribution in [0.15, 0.2) is 53.3 Å². The molecule has 1 aliphatic rings. The first-order chi connectivity index (χ1) is 17.1. The number of amides is 1. The fourth-order valence-electron chi connectivity index (χ4n) is 4.25. The predicted molar refractivity (Wildman–Crippen MR) is 141 cm³/mol. The monoisotopic (exact) mass is 509 g/mol. The summed E-state index contributed by atoms with van der Waals surface area (Å²) in [4.78, 5) is 26.7. The Hall–Kier alpha value is -3.21. The third-order valence-corrected chi connectivity index (χ3v) is 6.93. The minimum absolute atomic E-state index is 0.0770. The first-order valence-electron chi connectivity index (χ1n) is 12.2. The van der Waals surface area contributed by atoms with Crippen LogP contribution in [-0.4, -0.2) is 44.3 Å². The van der Waals surface area contributed by atoms with Gasteiger partial charge in [0.05, 0.1) is 34.7 Å². The molecule has 2 aromatic carbocycles. The second-order valence-electron chi connectivity index (χ2n) is 11.1. The molecule has 0 radical (unpaired) electrons. The highest BCUT2D eigenvalue weighted by molar-refractivity contribution is 6.62. The van der Waals surface area contributed by atoms with E-state index in [0.29, 0.717) is 11.4 Å². The Labute approximate surface area is 216 Å². The van der Waals surface area contributed by atoms with Gasteiger partial charge in [0.1, 0.15) is 11.4 Å². The lowest BCUT2D eigenvalue weighted by atomic mass is 9.78. The number of halogens is 1. The van der Waals surface area contributed by atoms with Gasteiger partial charge in [-0.05, 0) is 72.7 Å². The van der Waals surface area contributed by atoms with Crippen LogP contribution in [0.4, 0.5) is 10.1 Å². The molecule has 1 aromatic heterocycles. The smallest absolute Gasteiger partial charge is 0.399 e. The van der Waals surface area contributed by atoms with E-state index in [9.17, 15) is 14.7 Å². The third kappa shape index (κ3) is 5.14. The van der Waals surface area contributed by atoms with Gasteiger partial charge in [-0.25, -0.2) is 9.07 Å². The van der Waals surface area contributed by atoms with E-state index in [-0.39, 0.29) is 23.3 Å². The molecule has 1 fully saturated rings. The number of hydrogen-bond donors (Lipinski definition) is 2. The molecular formula is C27H33BFN3O5. The number of hydrogen-bond acceptors (Lipinski definition) is 5. The van der Waals surface area contributed by atoms with Gasteiger partial charge in [-0.1, -0.05) is 24.3 Å². The van der Waals surface area contributed by atoms with Gasteiger partial charge in [-0.3, -0.25) is 14.3 Å². The summed E-state index contributed by atoms with van der Waals surface area (Å²) in [7, 11) is -0.883. The number of aromatic nitrogens is 2. The molecule has 1 saturated heterocycles. The Morgan fingerprint density at radius 3 is 2.22 bits per heavy atom. The quantitative estimate of drug-likeness (QED) is 0.497. The molecule has 0 bridgehead atoms. The summed E-state index contributed by atoms with van der Waals surface area (Å²) in [5.74, 6) is -1.28. The Bertz CT molecular complexity index is 1370. The lowest BCUT2D eigenvalue weighted by molar-refractivity contribution is 0.00578. The molecule has 2 heterocycles. The standard InChI is InChI=1S/C27H33BFN3O5/c1-17-22(24(34)32(19-11-9-8-10-12-19)31(17)16-25(2,3)35)23(33)30-18-13-14-20(21(29)15-18)28-36-26(4,5)27(6,7)37-28/h8-15,35H,16H2,1-7H3,(H,30,33). The fraction of sp³-hybridized carbons (Fsp3) is 0.407. The van der Waals surface area contributed by atoms with Gasteiger partial charge in [0, 0.05) is 11.2 Å². The van der Waals surface area contributed by atoms with Crippen molar-refractivity contribution in [2.45, 2.75) is 71.8 Å². The van der Waals surface area contributed by atoms with Crippen molar-refractivity contribution in [3.8, 4) is 5.69 Å². The highest BCUT2D eigenvalue weighted by Crippen LogP contribution is 2.36. The van der Waals surface area contributed by atoms with Gasteiger partial charge in [0.15, 0.2) is 0 Å². The van der Waals surface area contributed by atoms with Crippen LogP contribution in [0.5, 0.6) is 0 Å². The van der Waals surface area contributed by atoms with E-state index in [0.717, 1.165) is 0 Å². The van der Waals surface area contributed by atoms with E-state index in [1.165, 1.54) is 16.8 Å². The van der Waals surface area contributed by atoms with Crippen LogP contribution in [0.1, 0.15) is 57.6 Å². The summed E-state index contributed by atoms with van der Waals surface area (Å²) in [5.41, 5.74) is -1.69. The molecule has 196 valence electrons. The molecule has 0 aliphatic carbocycles. The van der Waals surface area contributed by atoms with Crippen LogP contribution in [-0.2, 0) is 15.9 Å². The topological polar surface area (TPSA) is 94.7 Å². The Morgan fingerprint density at radius 2 is 1.68 bits per heavy atom. The van der Waals surface area contributed by atoms with Crippen molar-refractivity contribution in [3.63, 3.8) is 0 Å². The molecule has 2 N–H and O–H groups in total. The normalized spacial score (nSPS) is 16.7. The largest absolute Gasteiger partial charge is 0.497 e. The van der Waals surface area contributed by atoms with Crippen LogP contribution >= 0.6 is 0 Å². The zero-order valence-corrected chi connectivity index (χ0v) is 22.3. The minimum atomic E-state index is -1.15. The number of anilines is 1. The Morgan fingerprint density at radius 1 is 1.08 bits per heavy atom. The summed E-state index contributed by atoms with van der Waals surface area (Å²) in [6.45, 7) is 12.5. The lowest BCUT2D eigenvalue weighted by Gasteiger charge is -2.32. The number of rotatable bonds is 6. The fourth-order valence-corrected chi connectivity index (χ4v) is 4.25. The molecule has 37 heavy (non-hydrogen) atoms. The molecule has 1 aliphatic heterocycles. The van der Waals surface area contributed by atoms with E-state index in [1.54, 1.807) is 55.8 Å². The maximum Gasteiger partial charge on any atom is 0.497 e. The number of carbonyl (C=O) groups is 1. The molecular weight excluding hydrogens is 476 g/mol. The van der Waals surface area contributed by atoms with Crippen LogP contribution < -0.4 is 16.3 Å². The van der Waals surface area contributed by atoms with Crippen molar-refractivity contribution in [1.82, 2.24) is 9.36 Å². The number of aliphatic hydroxyl groups is 1. The highest BCUT2D eigenvalue weighted by atomic mass is 19.1. The molecule has 0 spiro atoms. The average molecular weight is 509 g/mol. The average Bonchev–Trinajstić information content (AvgIpc) is 3.14. The van der Waals surface area contributed by atoms with Crippen molar-refractivity contribution in [2.24, 2.45) is 0 Å². The molecule has 3 aromatic rings. The zero-order chi connectivity index (χ0) is 27.3. The van der Waals surface area contributed by atoms with E-state index in [1.807, 2.05) is 33.8 Å². The molecule has 10 heteroatoms. The second kappa shape index (κ2) is 9.27. The maximum absolute atomic E-state index is 15.1. The van der Waals surface area contributed by atoms with Crippen LogP contribution in [0, 0.1) is 12.7 Å². The maximum atomic E-state index is 15.1. The van der Waals surface area contributed by atoms with E-state index >= 15 is 4.39 Å². The first kappa shape index (κ1) is 26.8. The van der Waals surface area contributed by atoms with Gasteiger partial charge in [-0.2, -0.15) is 0 Å². The molecule has 0 unspecified atom stereocenters. The highest BCUT2D eigenvalue weighted by Gasteiger charge is 2.52. The minimum Gasteiger partial charge on any atom is -0.399 e. The van der Waals surface area contributed by atoms with Gasteiger partial charge in [-0.15, -0.1) is 0 Å². The Balaban J connectivity index is 1.66. The number of carbonyl (C=O) groups excluding carboxylic acids is 1. The van der Waals surface area contributed by atoms with E-state index < -0.39 is 41.2 Å². The summed E-state index contributed by atoms with van der Waals surface area (Å²) in [5, 5.41) is 13.1. The van der Waals surface area contributed by atoms with Crippen molar-refractivity contribution in [1.29, 1.82) is 0 Å². The van der Waals surface area contributed by atoms with Gasteiger partial charge in [0.25, 0.3) is 11.5 Å². The summed E-state index contributed by atoms with van der Waals surface area (Å²) < 4.78 is 29.9. The van der Waals surface area contributed by atoms with Gasteiger partial charge in [0.2, 0.25) is 0 Å². The number of nitrogens with one attached hydrogen (secondary N) is 1. The molecule has 8 nitrogen and oxygen atoms in total. The second-order valence-corrected chi connectivity index (χ2v) is 11.1. The van der Waals surface area contributed by atoms with Crippen LogP contribution in [0.2, 0.25) is 0 Å². The predicted octanol–water partition coefficient (Wildman–Crippen LogP) is 3.41. The Kier molecular flexibility index (Phi) is 6.73. The SMILES string of the molecule is Cc1c(C(=O)Nc2ccc(B3OC(C)(C)C(C)(C)O3)c(F)c2)c(=O)n(-c2ccccc2)n1CC(C)(C)O. The molecule has 1 amide bonds. The van der Waals surface area contributed by atoms with E-state index in [4.69, 9.17) is 9.31 Å². The van der Waals surface area contributed by atoms with Crippen LogP contribution in [0.25, 0.3) is 5.69 Å². The van der Waals surface area contributed by atoms with Crippen molar-refractivity contribution >= 4 is 24.2 Å². The number of benzene rings is 2. The van der Waals surface area contributed by atoms with Gasteiger partial charge >= 0.3 is 7.12 Å². The van der Waals surface area contributed by atoms with Gasteiger partial charge < -0.3 is 19.7 Å².